The molecule has 2 aromatic rings. The topological polar surface area (TPSA) is 35.5 Å². The Labute approximate surface area is 114 Å². The fourth-order valence-corrected chi connectivity index (χ4v) is 3.07. The second kappa shape index (κ2) is 3.52. The summed E-state index contributed by atoms with van der Waals surface area (Å²) in [5.41, 5.74) is 2.05. The van der Waals surface area contributed by atoms with E-state index in [2.05, 4.69) is 0 Å². The number of para-hydroxylation sites is 1. The third kappa shape index (κ3) is 1.25. The summed E-state index contributed by atoms with van der Waals surface area (Å²) in [5, 5.41) is -0.545. The number of halogens is 1. The van der Waals surface area contributed by atoms with Crippen LogP contribution in [0.4, 0.5) is 0 Å². The van der Waals surface area contributed by atoms with Gasteiger partial charge in [-0.1, -0.05) is 36.4 Å². The standard InChI is InChI=1S/C15H9ClO3/c16-13-10-6-2-4-8-12(10)18-15(13)11-7-3-1-5-9(11)14(17)19-15/h1-8,13H/t13-,15+/m1/s1. The van der Waals surface area contributed by atoms with Crippen LogP contribution in [0.3, 0.4) is 0 Å². The molecule has 2 aromatic carbocycles. The molecular weight excluding hydrogens is 264 g/mol. The van der Waals surface area contributed by atoms with Gasteiger partial charge in [0.25, 0.3) is 0 Å². The molecule has 0 unspecified atom stereocenters. The van der Waals surface area contributed by atoms with Crippen molar-refractivity contribution in [1.29, 1.82) is 0 Å². The van der Waals surface area contributed by atoms with E-state index in [0.29, 0.717) is 16.9 Å². The molecule has 4 heteroatoms. The van der Waals surface area contributed by atoms with Crippen LogP contribution >= 0.6 is 11.6 Å². The highest BCUT2D eigenvalue weighted by atomic mass is 35.5. The van der Waals surface area contributed by atoms with Gasteiger partial charge in [0.05, 0.1) is 11.1 Å². The highest BCUT2D eigenvalue weighted by Crippen LogP contribution is 2.56. The van der Waals surface area contributed by atoms with Crippen molar-refractivity contribution in [1.82, 2.24) is 0 Å². The number of benzene rings is 2. The molecule has 0 saturated carbocycles. The fourth-order valence-electron chi connectivity index (χ4n) is 2.68. The lowest BCUT2D eigenvalue weighted by atomic mass is 9.97. The van der Waals surface area contributed by atoms with Crippen molar-refractivity contribution in [2.75, 3.05) is 0 Å². The van der Waals surface area contributed by atoms with Crippen LogP contribution in [0.15, 0.2) is 48.5 Å². The van der Waals surface area contributed by atoms with E-state index >= 15 is 0 Å². The Bertz CT molecular complexity index is 697. The van der Waals surface area contributed by atoms with Gasteiger partial charge in [-0.25, -0.2) is 4.79 Å². The van der Waals surface area contributed by atoms with Gasteiger partial charge in [-0.05, 0) is 12.1 Å². The molecule has 2 heterocycles. The predicted molar refractivity (Wildman–Crippen MR) is 69.2 cm³/mol. The summed E-state index contributed by atoms with van der Waals surface area (Å²) < 4.78 is 11.4. The van der Waals surface area contributed by atoms with E-state index in [-0.39, 0.29) is 0 Å². The number of alkyl halides is 1. The number of carbonyl (C=O) groups excluding carboxylic acids is 1. The molecule has 3 nitrogen and oxygen atoms in total. The predicted octanol–water partition coefficient (Wildman–Crippen LogP) is 3.38. The van der Waals surface area contributed by atoms with Crippen LogP contribution in [0.5, 0.6) is 5.75 Å². The second-order valence-electron chi connectivity index (χ2n) is 4.61. The van der Waals surface area contributed by atoms with Crippen LogP contribution in [-0.2, 0) is 10.5 Å². The van der Waals surface area contributed by atoms with Crippen molar-refractivity contribution in [3.8, 4) is 5.75 Å². The quantitative estimate of drug-likeness (QED) is 0.545. The maximum Gasteiger partial charge on any atom is 0.342 e. The molecule has 2 atom stereocenters. The third-order valence-corrected chi connectivity index (χ3v) is 4.08. The van der Waals surface area contributed by atoms with Crippen molar-refractivity contribution < 1.29 is 14.3 Å². The molecular formula is C15H9ClO3. The molecule has 0 saturated heterocycles. The summed E-state index contributed by atoms with van der Waals surface area (Å²) in [6.45, 7) is 0. The number of hydrogen-bond acceptors (Lipinski definition) is 3. The Morgan fingerprint density at radius 3 is 2.58 bits per heavy atom. The molecule has 0 amide bonds. The number of carbonyl (C=O) groups is 1. The molecule has 0 bridgehead atoms. The zero-order chi connectivity index (χ0) is 13.0. The van der Waals surface area contributed by atoms with Crippen molar-refractivity contribution in [2.24, 2.45) is 0 Å². The smallest absolute Gasteiger partial charge is 0.342 e. The Morgan fingerprint density at radius 1 is 1.00 bits per heavy atom. The van der Waals surface area contributed by atoms with Crippen LogP contribution < -0.4 is 4.74 Å². The van der Waals surface area contributed by atoms with Gasteiger partial charge in [-0.3, -0.25) is 0 Å². The van der Waals surface area contributed by atoms with E-state index in [1.165, 1.54) is 0 Å². The summed E-state index contributed by atoms with van der Waals surface area (Å²) >= 11 is 6.50. The maximum absolute atomic E-state index is 12.0. The van der Waals surface area contributed by atoms with Gasteiger partial charge in [0.15, 0.2) is 0 Å². The summed E-state index contributed by atoms with van der Waals surface area (Å²) in [4.78, 5) is 12.0. The normalized spacial score (nSPS) is 26.8. The van der Waals surface area contributed by atoms with Crippen LogP contribution in [0.25, 0.3) is 0 Å². The van der Waals surface area contributed by atoms with Gasteiger partial charge >= 0.3 is 11.8 Å². The molecule has 1 spiro atoms. The number of ether oxygens (including phenoxy) is 2. The Morgan fingerprint density at radius 2 is 1.74 bits per heavy atom. The van der Waals surface area contributed by atoms with Crippen LogP contribution in [0.1, 0.15) is 26.9 Å². The third-order valence-electron chi connectivity index (χ3n) is 3.55. The highest BCUT2D eigenvalue weighted by molar-refractivity contribution is 6.22. The van der Waals surface area contributed by atoms with Gasteiger partial charge in [-0.2, -0.15) is 0 Å². The number of hydrogen-bond donors (Lipinski definition) is 0. The fraction of sp³-hybridized carbons (Fsp3) is 0.133. The minimum atomic E-state index is -1.22. The summed E-state index contributed by atoms with van der Waals surface area (Å²) in [7, 11) is 0. The van der Waals surface area contributed by atoms with E-state index in [4.69, 9.17) is 21.1 Å². The maximum atomic E-state index is 12.0. The first-order chi connectivity index (χ1) is 9.22. The summed E-state index contributed by atoms with van der Waals surface area (Å²) in [5.74, 6) is -0.958. The molecule has 94 valence electrons. The van der Waals surface area contributed by atoms with E-state index in [1.807, 2.05) is 36.4 Å². The average Bonchev–Trinajstić information content (AvgIpc) is 2.88. The Kier molecular flexibility index (Phi) is 2.01. The van der Waals surface area contributed by atoms with Gasteiger partial charge in [0.1, 0.15) is 11.1 Å². The zero-order valence-corrected chi connectivity index (χ0v) is 10.6. The van der Waals surface area contributed by atoms with Crippen molar-refractivity contribution in [2.45, 2.75) is 11.2 Å². The van der Waals surface area contributed by atoms with E-state index in [0.717, 1.165) is 5.56 Å². The second-order valence-corrected chi connectivity index (χ2v) is 5.04. The lowest BCUT2D eigenvalue weighted by Crippen LogP contribution is -2.33. The van der Waals surface area contributed by atoms with Crippen molar-refractivity contribution in [3.63, 3.8) is 0 Å². The van der Waals surface area contributed by atoms with Gasteiger partial charge in [0, 0.05) is 5.56 Å². The van der Waals surface area contributed by atoms with Gasteiger partial charge < -0.3 is 9.47 Å². The monoisotopic (exact) mass is 272 g/mol. The molecule has 2 aliphatic rings. The molecule has 0 N–H and O–H groups in total. The molecule has 0 fully saturated rings. The summed E-state index contributed by atoms with van der Waals surface area (Å²) in [6, 6.07) is 14.7. The Hall–Kier alpha value is -2.00. The first-order valence-electron chi connectivity index (χ1n) is 5.97. The van der Waals surface area contributed by atoms with E-state index < -0.39 is 17.1 Å². The average molecular weight is 273 g/mol. The highest BCUT2D eigenvalue weighted by Gasteiger charge is 2.58. The summed E-state index contributed by atoms with van der Waals surface area (Å²) in [6.07, 6.45) is 0. The van der Waals surface area contributed by atoms with Crippen molar-refractivity contribution >= 4 is 17.6 Å². The molecule has 19 heavy (non-hydrogen) atoms. The van der Waals surface area contributed by atoms with Crippen LogP contribution in [-0.4, -0.2) is 5.97 Å². The van der Waals surface area contributed by atoms with E-state index in [9.17, 15) is 4.79 Å². The molecule has 0 aromatic heterocycles. The van der Waals surface area contributed by atoms with Gasteiger partial charge in [0.2, 0.25) is 0 Å². The van der Waals surface area contributed by atoms with Crippen molar-refractivity contribution in [3.05, 3.63) is 65.2 Å². The van der Waals surface area contributed by atoms with Crippen LogP contribution in [0.2, 0.25) is 0 Å². The number of esters is 1. The first kappa shape index (κ1) is 10.9. The molecule has 0 aliphatic carbocycles. The zero-order valence-electron chi connectivity index (χ0n) is 9.80. The first-order valence-corrected chi connectivity index (χ1v) is 6.41. The van der Waals surface area contributed by atoms with Gasteiger partial charge in [-0.15, -0.1) is 11.6 Å². The lowest BCUT2D eigenvalue weighted by Gasteiger charge is -2.25. The number of rotatable bonds is 0. The van der Waals surface area contributed by atoms with Crippen LogP contribution in [0, 0.1) is 0 Å². The molecule has 2 aliphatic heterocycles. The minimum Gasteiger partial charge on any atom is -0.446 e. The lowest BCUT2D eigenvalue weighted by molar-refractivity contribution is -0.129. The molecule has 0 radical (unpaired) electrons. The minimum absolute atomic E-state index is 0.394. The molecule has 4 rings (SSSR count). The SMILES string of the molecule is O=C1O[C@@]2(Oc3ccccc3[C@H]2Cl)c2ccccc21. The largest absolute Gasteiger partial charge is 0.446 e. The Balaban J connectivity index is 1.94. The number of fused-ring (bicyclic) bond motifs is 3. The van der Waals surface area contributed by atoms with E-state index in [1.54, 1.807) is 12.1 Å².